The zero-order valence-electron chi connectivity index (χ0n) is 12.3. The van der Waals surface area contributed by atoms with E-state index >= 15 is 0 Å². The van der Waals surface area contributed by atoms with Crippen LogP contribution in [0, 0.1) is 5.92 Å². The lowest BCUT2D eigenvalue weighted by atomic mass is 9.99. The molecule has 1 aromatic rings. The standard InChI is InChI=1S/C13H21ClN4O2S/c1-15-13-12(14)6-11(8-16-13)21(19,20)17-7-10-4-3-5-18(2)9-10/h6,8,10,17H,3-5,7,9H2,1-2H3,(H,15,16). The first-order chi connectivity index (χ1) is 9.92. The zero-order valence-corrected chi connectivity index (χ0v) is 13.8. The number of sulfonamides is 1. The Hall–Kier alpha value is -0.890. The third-order valence-corrected chi connectivity index (χ3v) is 5.33. The Morgan fingerprint density at radius 2 is 2.29 bits per heavy atom. The first kappa shape index (κ1) is 16.5. The smallest absolute Gasteiger partial charge is 0.242 e. The minimum absolute atomic E-state index is 0.0932. The molecule has 0 spiro atoms. The molecule has 1 aromatic heterocycles. The molecule has 6 nitrogen and oxygen atoms in total. The highest BCUT2D eigenvalue weighted by Gasteiger charge is 2.21. The Labute approximate surface area is 130 Å². The van der Waals surface area contributed by atoms with E-state index in [9.17, 15) is 8.42 Å². The van der Waals surface area contributed by atoms with Gasteiger partial charge in [0, 0.05) is 26.3 Å². The molecule has 1 saturated heterocycles. The van der Waals surface area contributed by atoms with Gasteiger partial charge in [-0.05, 0) is 38.4 Å². The topological polar surface area (TPSA) is 74.3 Å². The van der Waals surface area contributed by atoms with Crippen molar-refractivity contribution in [2.75, 3.05) is 39.0 Å². The van der Waals surface area contributed by atoms with Crippen LogP contribution >= 0.6 is 11.6 Å². The monoisotopic (exact) mass is 332 g/mol. The second kappa shape index (κ2) is 6.91. The third-order valence-electron chi connectivity index (χ3n) is 3.65. The van der Waals surface area contributed by atoms with Crippen LogP contribution < -0.4 is 10.0 Å². The molecule has 0 radical (unpaired) electrons. The summed E-state index contributed by atoms with van der Waals surface area (Å²) < 4.78 is 27.2. The van der Waals surface area contributed by atoms with Gasteiger partial charge < -0.3 is 10.2 Å². The predicted molar refractivity (Wildman–Crippen MR) is 84.2 cm³/mol. The molecule has 118 valence electrons. The number of hydrogen-bond acceptors (Lipinski definition) is 5. The summed E-state index contributed by atoms with van der Waals surface area (Å²) in [6.07, 6.45) is 3.46. The van der Waals surface area contributed by atoms with Gasteiger partial charge in [-0.25, -0.2) is 18.1 Å². The van der Waals surface area contributed by atoms with E-state index in [1.54, 1.807) is 7.05 Å². The van der Waals surface area contributed by atoms with Crippen LogP contribution in [0.15, 0.2) is 17.2 Å². The molecule has 0 amide bonds. The number of nitrogens with one attached hydrogen (secondary N) is 2. The number of pyridine rings is 1. The molecule has 1 aliphatic rings. The molecule has 0 aromatic carbocycles. The number of rotatable bonds is 5. The van der Waals surface area contributed by atoms with Crippen LogP contribution in [0.3, 0.4) is 0 Å². The van der Waals surface area contributed by atoms with E-state index in [1.807, 2.05) is 0 Å². The Morgan fingerprint density at radius 1 is 1.52 bits per heavy atom. The van der Waals surface area contributed by atoms with Gasteiger partial charge in [-0.15, -0.1) is 0 Å². The quantitative estimate of drug-likeness (QED) is 0.852. The highest BCUT2D eigenvalue weighted by molar-refractivity contribution is 7.89. The van der Waals surface area contributed by atoms with Crippen LogP contribution in [0.4, 0.5) is 5.82 Å². The molecule has 21 heavy (non-hydrogen) atoms. The molecule has 1 unspecified atom stereocenters. The second-order valence-electron chi connectivity index (χ2n) is 5.37. The Bertz CT molecular complexity index is 594. The minimum Gasteiger partial charge on any atom is -0.372 e. The van der Waals surface area contributed by atoms with Crippen molar-refractivity contribution in [3.05, 3.63) is 17.3 Å². The number of anilines is 1. The summed E-state index contributed by atoms with van der Waals surface area (Å²) in [6.45, 7) is 2.44. The number of halogens is 1. The van der Waals surface area contributed by atoms with Crippen LogP contribution in [0.1, 0.15) is 12.8 Å². The predicted octanol–water partition coefficient (Wildman–Crippen LogP) is 1.40. The highest BCUT2D eigenvalue weighted by atomic mass is 35.5. The van der Waals surface area contributed by atoms with Gasteiger partial charge in [-0.1, -0.05) is 11.6 Å². The van der Waals surface area contributed by atoms with Crippen molar-refractivity contribution in [2.24, 2.45) is 5.92 Å². The summed E-state index contributed by atoms with van der Waals surface area (Å²) in [5.74, 6) is 0.808. The second-order valence-corrected chi connectivity index (χ2v) is 7.55. The molecule has 8 heteroatoms. The van der Waals surface area contributed by atoms with Crippen molar-refractivity contribution in [1.29, 1.82) is 0 Å². The van der Waals surface area contributed by atoms with Crippen LogP contribution in [0.5, 0.6) is 0 Å². The van der Waals surface area contributed by atoms with Gasteiger partial charge in [0.25, 0.3) is 0 Å². The van der Waals surface area contributed by atoms with Gasteiger partial charge in [0.1, 0.15) is 10.7 Å². The Balaban J connectivity index is 2.02. The maximum atomic E-state index is 12.3. The van der Waals surface area contributed by atoms with Gasteiger partial charge in [-0.2, -0.15) is 0 Å². The summed E-state index contributed by atoms with van der Waals surface area (Å²) in [7, 11) is 0.169. The van der Waals surface area contributed by atoms with E-state index < -0.39 is 10.0 Å². The SMILES string of the molecule is CNc1ncc(S(=O)(=O)NCC2CCCN(C)C2)cc1Cl. The fraction of sp³-hybridized carbons (Fsp3) is 0.615. The van der Waals surface area contributed by atoms with E-state index in [0.717, 1.165) is 25.9 Å². The number of aromatic nitrogens is 1. The average Bonchev–Trinajstić information content (AvgIpc) is 2.45. The molecule has 2 rings (SSSR count). The molecule has 1 aliphatic heterocycles. The lowest BCUT2D eigenvalue weighted by Gasteiger charge is -2.29. The molecular formula is C13H21ClN4O2S. The van der Waals surface area contributed by atoms with Gasteiger partial charge >= 0.3 is 0 Å². The average molecular weight is 333 g/mol. The zero-order chi connectivity index (χ0) is 15.5. The number of piperidine rings is 1. The van der Waals surface area contributed by atoms with Crippen LogP contribution in [0.25, 0.3) is 0 Å². The van der Waals surface area contributed by atoms with E-state index in [1.165, 1.54) is 12.3 Å². The molecular weight excluding hydrogens is 312 g/mol. The maximum absolute atomic E-state index is 12.3. The molecule has 1 atom stereocenters. The molecule has 0 saturated carbocycles. The summed E-state index contributed by atoms with van der Waals surface area (Å²) in [5, 5.41) is 3.09. The first-order valence-corrected chi connectivity index (χ1v) is 8.80. The summed E-state index contributed by atoms with van der Waals surface area (Å²) in [6, 6.07) is 1.41. The number of nitrogens with zero attached hydrogens (tertiary/aromatic N) is 2. The molecule has 0 aliphatic carbocycles. The van der Waals surface area contributed by atoms with Gasteiger partial charge in [-0.3, -0.25) is 0 Å². The van der Waals surface area contributed by atoms with Crippen molar-refractivity contribution in [2.45, 2.75) is 17.7 Å². The fourth-order valence-corrected chi connectivity index (χ4v) is 3.91. The summed E-state index contributed by atoms with van der Waals surface area (Å²) in [4.78, 5) is 6.32. The largest absolute Gasteiger partial charge is 0.372 e. The van der Waals surface area contributed by atoms with Crippen LogP contribution in [-0.2, 0) is 10.0 Å². The fourth-order valence-electron chi connectivity index (χ4n) is 2.50. The number of hydrogen-bond donors (Lipinski definition) is 2. The summed E-state index contributed by atoms with van der Waals surface area (Å²) >= 11 is 5.98. The van der Waals surface area contributed by atoms with Crippen molar-refractivity contribution in [3.63, 3.8) is 0 Å². The molecule has 0 bridgehead atoms. The lowest BCUT2D eigenvalue weighted by molar-refractivity contribution is 0.211. The minimum atomic E-state index is -3.57. The Morgan fingerprint density at radius 3 is 2.90 bits per heavy atom. The highest BCUT2D eigenvalue weighted by Crippen LogP contribution is 2.22. The van der Waals surface area contributed by atoms with Crippen LogP contribution in [-0.4, -0.2) is 52.0 Å². The van der Waals surface area contributed by atoms with Crippen molar-refractivity contribution < 1.29 is 8.42 Å². The van der Waals surface area contributed by atoms with Crippen molar-refractivity contribution >= 4 is 27.4 Å². The first-order valence-electron chi connectivity index (χ1n) is 6.94. The van der Waals surface area contributed by atoms with Gasteiger partial charge in [0.2, 0.25) is 10.0 Å². The third kappa shape index (κ3) is 4.29. The van der Waals surface area contributed by atoms with E-state index in [2.05, 4.69) is 27.0 Å². The maximum Gasteiger partial charge on any atom is 0.242 e. The van der Waals surface area contributed by atoms with Crippen molar-refractivity contribution in [1.82, 2.24) is 14.6 Å². The normalized spacial score (nSPS) is 20.4. The number of likely N-dealkylation sites (tertiary alicyclic amines) is 1. The lowest BCUT2D eigenvalue weighted by Crippen LogP contribution is -2.39. The van der Waals surface area contributed by atoms with Crippen molar-refractivity contribution in [3.8, 4) is 0 Å². The van der Waals surface area contributed by atoms with Crippen LogP contribution in [0.2, 0.25) is 5.02 Å². The summed E-state index contributed by atoms with van der Waals surface area (Å²) in [5.41, 5.74) is 0. The molecule has 2 heterocycles. The van der Waals surface area contributed by atoms with E-state index in [0.29, 0.717) is 18.3 Å². The van der Waals surface area contributed by atoms with Gasteiger partial charge in [0.05, 0.1) is 5.02 Å². The molecule has 2 N–H and O–H groups in total. The molecule has 1 fully saturated rings. The van der Waals surface area contributed by atoms with Gasteiger partial charge in [0.15, 0.2) is 0 Å². The van der Waals surface area contributed by atoms with E-state index in [-0.39, 0.29) is 9.92 Å². The van der Waals surface area contributed by atoms with E-state index in [4.69, 9.17) is 11.6 Å². The Kier molecular flexibility index (Phi) is 5.43.